The molecule has 0 aliphatic carbocycles. The van der Waals surface area contributed by atoms with E-state index in [0.717, 1.165) is 11.0 Å². The van der Waals surface area contributed by atoms with Crippen molar-refractivity contribution in [2.24, 2.45) is 0 Å². The lowest BCUT2D eigenvalue weighted by atomic mass is 10.2. The summed E-state index contributed by atoms with van der Waals surface area (Å²) in [5.74, 6) is -0.322. The number of rotatable bonds is 3. The van der Waals surface area contributed by atoms with E-state index in [-0.39, 0.29) is 11.6 Å². The van der Waals surface area contributed by atoms with Crippen LogP contribution in [-0.2, 0) is 0 Å². The summed E-state index contributed by atoms with van der Waals surface area (Å²) < 4.78 is 1.42. The number of imidazole rings is 1. The fourth-order valence-electron chi connectivity index (χ4n) is 1.59. The Balaban J connectivity index is 2.34. The number of fused-ring (bicyclic) bond motifs is 1. The van der Waals surface area contributed by atoms with Crippen LogP contribution in [0.4, 0.5) is 0 Å². The Morgan fingerprint density at radius 3 is 3.00 bits per heavy atom. The van der Waals surface area contributed by atoms with Crippen LogP contribution in [0.3, 0.4) is 0 Å². The van der Waals surface area contributed by atoms with Crippen LogP contribution in [0.5, 0.6) is 0 Å². The van der Waals surface area contributed by atoms with Gasteiger partial charge in [0.15, 0.2) is 0 Å². The SMILES string of the molecule is CC=CCC(=N)C(=O)n1cnc2ccccc21. The molecule has 2 rings (SSSR count). The Morgan fingerprint density at radius 1 is 1.47 bits per heavy atom. The second-order valence-electron chi connectivity index (χ2n) is 3.66. The van der Waals surface area contributed by atoms with Crippen LogP contribution in [-0.4, -0.2) is 21.2 Å². The second kappa shape index (κ2) is 4.74. The summed E-state index contributed by atoms with van der Waals surface area (Å²) in [5, 5.41) is 7.70. The van der Waals surface area contributed by atoms with Gasteiger partial charge in [-0.25, -0.2) is 4.98 Å². The number of carbonyl (C=O) groups excluding carboxylic acids is 1. The van der Waals surface area contributed by atoms with Gasteiger partial charge in [0.25, 0.3) is 5.91 Å². The number of hydrogen-bond acceptors (Lipinski definition) is 3. The monoisotopic (exact) mass is 227 g/mol. The van der Waals surface area contributed by atoms with E-state index in [1.54, 1.807) is 6.08 Å². The maximum Gasteiger partial charge on any atom is 0.277 e. The van der Waals surface area contributed by atoms with Crippen LogP contribution in [0.1, 0.15) is 18.1 Å². The van der Waals surface area contributed by atoms with Crippen LogP contribution in [0, 0.1) is 5.41 Å². The van der Waals surface area contributed by atoms with Crippen molar-refractivity contribution in [1.82, 2.24) is 9.55 Å². The summed E-state index contributed by atoms with van der Waals surface area (Å²) in [5.41, 5.74) is 1.56. The van der Waals surface area contributed by atoms with Crippen LogP contribution in [0.15, 0.2) is 42.7 Å². The van der Waals surface area contributed by atoms with E-state index in [4.69, 9.17) is 5.41 Å². The van der Waals surface area contributed by atoms with Gasteiger partial charge < -0.3 is 0 Å². The third-order valence-electron chi connectivity index (χ3n) is 2.49. The maximum absolute atomic E-state index is 12.0. The van der Waals surface area contributed by atoms with E-state index >= 15 is 0 Å². The van der Waals surface area contributed by atoms with Crippen LogP contribution >= 0.6 is 0 Å². The Hall–Kier alpha value is -2.23. The van der Waals surface area contributed by atoms with E-state index in [9.17, 15) is 4.79 Å². The van der Waals surface area contributed by atoms with E-state index < -0.39 is 0 Å². The van der Waals surface area contributed by atoms with Gasteiger partial charge in [-0.3, -0.25) is 14.8 Å². The average molecular weight is 227 g/mol. The van der Waals surface area contributed by atoms with Gasteiger partial charge in [-0.05, 0) is 19.1 Å². The molecular formula is C13H13N3O. The third-order valence-corrected chi connectivity index (χ3v) is 2.49. The highest BCUT2D eigenvalue weighted by Gasteiger charge is 2.13. The molecule has 0 saturated heterocycles. The van der Waals surface area contributed by atoms with Gasteiger partial charge in [0.1, 0.15) is 12.0 Å². The predicted molar refractivity (Wildman–Crippen MR) is 67.5 cm³/mol. The molecule has 1 aromatic heterocycles. The van der Waals surface area contributed by atoms with Crippen molar-refractivity contribution >= 4 is 22.7 Å². The molecule has 86 valence electrons. The highest BCUT2D eigenvalue weighted by atomic mass is 16.2. The minimum absolute atomic E-state index is 0.0613. The smallest absolute Gasteiger partial charge is 0.277 e. The molecule has 0 amide bonds. The molecule has 4 heteroatoms. The fourth-order valence-corrected chi connectivity index (χ4v) is 1.59. The molecule has 0 spiro atoms. The van der Waals surface area contributed by atoms with Gasteiger partial charge in [0, 0.05) is 6.42 Å². The van der Waals surface area contributed by atoms with Crippen molar-refractivity contribution in [3.05, 3.63) is 42.7 Å². The minimum Gasteiger partial charge on any atom is -0.299 e. The third kappa shape index (κ3) is 2.15. The molecule has 1 N–H and O–H groups in total. The van der Waals surface area contributed by atoms with Gasteiger partial charge in [0.05, 0.1) is 11.0 Å². The van der Waals surface area contributed by atoms with E-state index in [2.05, 4.69) is 4.98 Å². The Labute approximate surface area is 99.1 Å². The Morgan fingerprint density at radius 2 is 2.24 bits per heavy atom. The van der Waals surface area contributed by atoms with Crippen LogP contribution in [0.25, 0.3) is 11.0 Å². The van der Waals surface area contributed by atoms with Crippen LogP contribution in [0.2, 0.25) is 0 Å². The van der Waals surface area contributed by atoms with Gasteiger partial charge in [-0.1, -0.05) is 24.3 Å². The largest absolute Gasteiger partial charge is 0.299 e. The van der Waals surface area contributed by atoms with Crippen LogP contribution < -0.4 is 0 Å². The van der Waals surface area contributed by atoms with E-state index in [1.165, 1.54) is 10.9 Å². The zero-order valence-corrected chi connectivity index (χ0v) is 9.55. The van der Waals surface area contributed by atoms with Crippen molar-refractivity contribution in [1.29, 1.82) is 5.41 Å². The van der Waals surface area contributed by atoms with Gasteiger partial charge >= 0.3 is 0 Å². The van der Waals surface area contributed by atoms with Gasteiger partial charge in [-0.15, -0.1) is 0 Å². The molecule has 0 fully saturated rings. The predicted octanol–water partition coefficient (Wildman–Crippen LogP) is 2.66. The quantitative estimate of drug-likeness (QED) is 0.647. The first-order valence-electron chi connectivity index (χ1n) is 5.39. The molecule has 0 aliphatic rings. The molecule has 0 bridgehead atoms. The average Bonchev–Trinajstić information content (AvgIpc) is 2.78. The van der Waals surface area contributed by atoms with Crippen molar-refractivity contribution in [3.63, 3.8) is 0 Å². The zero-order chi connectivity index (χ0) is 12.3. The zero-order valence-electron chi connectivity index (χ0n) is 9.55. The number of nitrogens with zero attached hydrogens (tertiary/aromatic N) is 2. The Bertz CT molecular complexity index is 595. The lowest BCUT2D eigenvalue weighted by Crippen LogP contribution is -2.19. The molecular weight excluding hydrogens is 214 g/mol. The minimum atomic E-state index is -0.322. The first-order valence-corrected chi connectivity index (χ1v) is 5.39. The highest BCUT2D eigenvalue weighted by Crippen LogP contribution is 2.12. The number of aromatic nitrogens is 2. The standard InChI is InChI=1S/C13H13N3O/c1-2-3-6-10(14)13(17)16-9-15-11-7-4-5-8-12(11)16/h2-5,7-9,14H,6H2,1H3. The maximum atomic E-state index is 12.0. The summed E-state index contributed by atoms with van der Waals surface area (Å²) in [4.78, 5) is 16.1. The molecule has 4 nitrogen and oxygen atoms in total. The lowest BCUT2D eigenvalue weighted by Gasteiger charge is -2.02. The fraction of sp³-hybridized carbons (Fsp3) is 0.154. The van der Waals surface area contributed by atoms with Crippen molar-refractivity contribution in [2.45, 2.75) is 13.3 Å². The summed E-state index contributed by atoms with van der Waals surface area (Å²) in [6.07, 6.45) is 5.44. The normalized spacial score (nSPS) is 11.1. The molecule has 1 heterocycles. The molecule has 1 aromatic carbocycles. The number of para-hydroxylation sites is 2. The number of hydrogen-bond donors (Lipinski definition) is 1. The van der Waals surface area contributed by atoms with Gasteiger partial charge in [-0.2, -0.15) is 0 Å². The van der Waals surface area contributed by atoms with Crippen molar-refractivity contribution < 1.29 is 4.79 Å². The van der Waals surface area contributed by atoms with Crippen molar-refractivity contribution in [3.8, 4) is 0 Å². The molecule has 0 atom stereocenters. The second-order valence-corrected chi connectivity index (χ2v) is 3.66. The topological polar surface area (TPSA) is 58.7 Å². The van der Waals surface area contributed by atoms with Gasteiger partial charge in [0.2, 0.25) is 0 Å². The molecule has 0 aliphatic heterocycles. The number of benzene rings is 1. The molecule has 0 radical (unpaired) electrons. The molecule has 0 saturated carbocycles. The number of carbonyl (C=O) groups is 1. The number of nitrogens with one attached hydrogen (secondary N) is 1. The lowest BCUT2D eigenvalue weighted by molar-refractivity contribution is 0.0991. The summed E-state index contributed by atoms with van der Waals surface area (Å²) in [6.45, 7) is 1.87. The first kappa shape index (κ1) is 11.3. The molecule has 0 unspecified atom stereocenters. The van der Waals surface area contributed by atoms with Crippen molar-refractivity contribution in [2.75, 3.05) is 0 Å². The summed E-state index contributed by atoms with van der Waals surface area (Å²) in [6, 6.07) is 7.39. The Kier molecular flexibility index (Phi) is 3.14. The first-order chi connectivity index (χ1) is 8.24. The molecule has 17 heavy (non-hydrogen) atoms. The highest BCUT2D eigenvalue weighted by molar-refractivity contribution is 6.39. The summed E-state index contributed by atoms with van der Waals surface area (Å²) in [7, 11) is 0. The van der Waals surface area contributed by atoms with E-state index in [1.807, 2.05) is 37.3 Å². The molecule has 2 aromatic rings. The summed E-state index contributed by atoms with van der Waals surface area (Å²) >= 11 is 0. The number of allylic oxidation sites excluding steroid dienone is 2. The van der Waals surface area contributed by atoms with E-state index in [0.29, 0.717) is 6.42 Å².